The molecule has 2 aromatic rings. The van der Waals surface area contributed by atoms with Crippen molar-refractivity contribution in [3.8, 4) is 0 Å². The molecule has 136 valence electrons. The monoisotopic (exact) mass is 349 g/mol. The lowest BCUT2D eigenvalue weighted by molar-refractivity contribution is -0.135. The molecule has 0 unspecified atom stereocenters. The summed E-state index contributed by atoms with van der Waals surface area (Å²) in [7, 11) is 0. The van der Waals surface area contributed by atoms with Crippen molar-refractivity contribution in [3.63, 3.8) is 0 Å². The smallest absolute Gasteiger partial charge is 0.225 e. The van der Waals surface area contributed by atoms with Gasteiger partial charge in [0.15, 0.2) is 0 Å². The number of nitrogens with zero attached hydrogens (tertiary/aromatic N) is 1. The van der Waals surface area contributed by atoms with Gasteiger partial charge in [-0.2, -0.15) is 0 Å². The predicted molar refractivity (Wildman–Crippen MR) is 102 cm³/mol. The van der Waals surface area contributed by atoms with E-state index in [2.05, 4.69) is 6.92 Å². The molecular weight excluding hydrogens is 322 g/mol. The highest BCUT2D eigenvalue weighted by molar-refractivity contribution is 5.81. The van der Waals surface area contributed by atoms with Gasteiger partial charge in [0.25, 0.3) is 0 Å². The first-order chi connectivity index (χ1) is 12.6. The summed E-state index contributed by atoms with van der Waals surface area (Å²) in [6.07, 6.45) is 2.69. The van der Waals surface area contributed by atoms with Crippen LogP contribution in [0.2, 0.25) is 0 Å². The average molecular weight is 349 g/mol. The molecule has 2 aromatic carbocycles. The molecule has 0 spiro atoms. The van der Waals surface area contributed by atoms with Gasteiger partial charge in [0.1, 0.15) is 5.60 Å². The van der Waals surface area contributed by atoms with E-state index in [9.17, 15) is 9.90 Å². The zero-order valence-electron chi connectivity index (χ0n) is 15.3. The van der Waals surface area contributed by atoms with E-state index in [1.165, 1.54) is 0 Å². The number of carbonyl (C=O) groups is 1. The van der Waals surface area contributed by atoms with E-state index in [1.807, 2.05) is 65.6 Å². The van der Waals surface area contributed by atoms with E-state index >= 15 is 0 Å². The van der Waals surface area contributed by atoms with Crippen LogP contribution in [0.15, 0.2) is 60.7 Å². The Balaban J connectivity index is 1.57. The normalized spacial score (nSPS) is 23.7. The molecule has 1 heterocycles. The molecule has 1 aliphatic carbocycles. The maximum absolute atomic E-state index is 12.5. The van der Waals surface area contributed by atoms with Gasteiger partial charge in [-0.15, -0.1) is 0 Å². The molecule has 1 amide bonds. The maximum atomic E-state index is 12.5. The minimum absolute atomic E-state index is 0.105. The van der Waals surface area contributed by atoms with E-state index < -0.39 is 5.60 Å². The van der Waals surface area contributed by atoms with E-state index in [0.717, 1.165) is 43.5 Å². The van der Waals surface area contributed by atoms with Crippen LogP contribution in [-0.4, -0.2) is 29.0 Å². The standard InChI is InChI=1S/C23H27NO2/c1-17-16-21(17)22(25)24-14-12-20(13-15-24)23(26,18-8-4-2-5-9-18)19-10-6-3-7-11-19/h2-11,17,20-21,26H,12-16H2,1H3/t17-,21-/m0/s1. The molecule has 26 heavy (non-hydrogen) atoms. The quantitative estimate of drug-likeness (QED) is 0.912. The van der Waals surface area contributed by atoms with Gasteiger partial charge in [0.2, 0.25) is 5.91 Å². The van der Waals surface area contributed by atoms with Crippen molar-refractivity contribution in [2.75, 3.05) is 13.1 Å². The minimum Gasteiger partial charge on any atom is -0.380 e. The molecule has 3 heteroatoms. The number of piperidine rings is 1. The Bertz CT molecular complexity index is 711. The molecule has 1 saturated heterocycles. The second kappa shape index (κ2) is 6.88. The summed E-state index contributed by atoms with van der Waals surface area (Å²) in [5, 5.41) is 11.9. The topological polar surface area (TPSA) is 40.5 Å². The summed E-state index contributed by atoms with van der Waals surface area (Å²) >= 11 is 0. The van der Waals surface area contributed by atoms with Gasteiger partial charge in [-0.1, -0.05) is 67.6 Å². The maximum Gasteiger partial charge on any atom is 0.225 e. The van der Waals surface area contributed by atoms with Gasteiger partial charge < -0.3 is 10.0 Å². The third-order valence-electron chi connectivity index (χ3n) is 6.25. The summed E-state index contributed by atoms with van der Waals surface area (Å²) in [6.45, 7) is 3.64. The Hall–Kier alpha value is -2.13. The van der Waals surface area contributed by atoms with Crippen LogP contribution < -0.4 is 0 Å². The van der Waals surface area contributed by atoms with Crippen LogP contribution in [0.1, 0.15) is 37.3 Å². The van der Waals surface area contributed by atoms with Gasteiger partial charge in [-0.25, -0.2) is 0 Å². The highest BCUT2D eigenvalue weighted by Crippen LogP contribution is 2.44. The van der Waals surface area contributed by atoms with Crippen molar-refractivity contribution in [1.82, 2.24) is 4.90 Å². The van der Waals surface area contributed by atoms with E-state index in [0.29, 0.717) is 11.8 Å². The lowest BCUT2D eigenvalue weighted by Gasteiger charge is -2.42. The fourth-order valence-electron chi connectivity index (χ4n) is 4.44. The Labute approximate surface area is 155 Å². The molecule has 2 fully saturated rings. The third-order valence-corrected chi connectivity index (χ3v) is 6.25. The molecular formula is C23H27NO2. The van der Waals surface area contributed by atoms with Gasteiger partial charge in [-0.05, 0) is 42.2 Å². The van der Waals surface area contributed by atoms with Crippen LogP contribution >= 0.6 is 0 Å². The zero-order valence-corrected chi connectivity index (χ0v) is 15.3. The number of rotatable bonds is 4. The summed E-state index contributed by atoms with van der Waals surface area (Å²) in [6, 6.07) is 19.9. The molecule has 1 saturated carbocycles. The fourth-order valence-corrected chi connectivity index (χ4v) is 4.44. The fraction of sp³-hybridized carbons (Fsp3) is 0.435. The number of amides is 1. The van der Waals surface area contributed by atoms with Crippen LogP contribution in [0, 0.1) is 17.8 Å². The SMILES string of the molecule is C[C@H]1C[C@@H]1C(=O)N1CCC(C(O)(c2ccccc2)c2ccccc2)CC1. The summed E-state index contributed by atoms with van der Waals surface area (Å²) in [4.78, 5) is 14.5. The largest absolute Gasteiger partial charge is 0.380 e. The summed E-state index contributed by atoms with van der Waals surface area (Å²) in [5.41, 5.74) is 0.864. The average Bonchev–Trinajstić information content (AvgIpc) is 3.45. The van der Waals surface area contributed by atoms with Gasteiger partial charge in [0, 0.05) is 19.0 Å². The lowest BCUT2D eigenvalue weighted by Crippen LogP contribution is -2.46. The first kappa shape index (κ1) is 17.3. The lowest BCUT2D eigenvalue weighted by atomic mass is 9.72. The van der Waals surface area contributed by atoms with E-state index in [4.69, 9.17) is 0 Å². The Kier molecular flexibility index (Phi) is 4.58. The van der Waals surface area contributed by atoms with Crippen LogP contribution in [0.3, 0.4) is 0 Å². The predicted octanol–water partition coefficient (Wildman–Crippen LogP) is 3.82. The third kappa shape index (κ3) is 3.05. The Morgan fingerprint density at radius 2 is 1.42 bits per heavy atom. The molecule has 4 rings (SSSR count). The highest BCUT2D eigenvalue weighted by atomic mass is 16.3. The van der Waals surface area contributed by atoms with Gasteiger partial charge in [0.05, 0.1) is 0 Å². The summed E-state index contributed by atoms with van der Waals surface area (Å²) < 4.78 is 0. The highest BCUT2D eigenvalue weighted by Gasteiger charge is 2.45. The molecule has 1 N–H and O–H groups in total. The van der Waals surface area contributed by atoms with Crippen LogP contribution in [-0.2, 0) is 10.4 Å². The van der Waals surface area contributed by atoms with Crippen molar-refractivity contribution in [2.45, 2.75) is 31.8 Å². The zero-order chi connectivity index (χ0) is 18.1. The second-order valence-electron chi connectivity index (χ2n) is 7.92. The van der Waals surface area contributed by atoms with Crippen molar-refractivity contribution >= 4 is 5.91 Å². The molecule has 1 aliphatic heterocycles. The number of aliphatic hydroxyl groups is 1. The van der Waals surface area contributed by atoms with Crippen molar-refractivity contribution < 1.29 is 9.90 Å². The number of hydrogen-bond acceptors (Lipinski definition) is 2. The van der Waals surface area contributed by atoms with E-state index in [-0.39, 0.29) is 11.8 Å². The number of hydrogen-bond donors (Lipinski definition) is 1. The number of carbonyl (C=O) groups excluding carboxylic acids is 1. The Morgan fingerprint density at radius 3 is 1.85 bits per heavy atom. The molecule has 2 atom stereocenters. The van der Waals surface area contributed by atoms with Crippen LogP contribution in [0.4, 0.5) is 0 Å². The molecule has 2 aliphatic rings. The number of likely N-dealkylation sites (tertiary alicyclic amines) is 1. The molecule has 0 bridgehead atoms. The molecule has 0 aromatic heterocycles. The second-order valence-corrected chi connectivity index (χ2v) is 7.92. The van der Waals surface area contributed by atoms with Gasteiger partial charge in [-0.3, -0.25) is 4.79 Å². The van der Waals surface area contributed by atoms with E-state index in [1.54, 1.807) is 0 Å². The first-order valence-corrected chi connectivity index (χ1v) is 9.73. The minimum atomic E-state index is -1.01. The number of benzene rings is 2. The molecule has 3 nitrogen and oxygen atoms in total. The van der Waals surface area contributed by atoms with Crippen molar-refractivity contribution in [1.29, 1.82) is 0 Å². The molecule has 0 radical (unpaired) electrons. The van der Waals surface area contributed by atoms with Gasteiger partial charge >= 0.3 is 0 Å². The van der Waals surface area contributed by atoms with Crippen LogP contribution in [0.5, 0.6) is 0 Å². The summed E-state index contributed by atoms with van der Waals surface area (Å²) in [5.74, 6) is 1.21. The van der Waals surface area contributed by atoms with Crippen LogP contribution in [0.25, 0.3) is 0 Å². The first-order valence-electron chi connectivity index (χ1n) is 9.73. The van der Waals surface area contributed by atoms with Crippen molar-refractivity contribution in [2.24, 2.45) is 17.8 Å². The van der Waals surface area contributed by atoms with Crippen molar-refractivity contribution in [3.05, 3.63) is 71.8 Å². The Morgan fingerprint density at radius 1 is 0.962 bits per heavy atom.